The second-order valence-electron chi connectivity index (χ2n) is 4.39. The first-order chi connectivity index (χ1) is 8.56. The lowest BCUT2D eigenvalue weighted by molar-refractivity contribution is -0.518. The number of benzene rings is 1. The van der Waals surface area contributed by atoms with E-state index in [2.05, 4.69) is 0 Å². The van der Waals surface area contributed by atoms with Gasteiger partial charge in [0.15, 0.2) is 0 Å². The monoisotopic (exact) mass is 251 g/mol. The first-order valence-corrected chi connectivity index (χ1v) is 5.65. The van der Waals surface area contributed by atoms with Crippen molar-refractivity contribution >= 4 is 5.69 Å². The van der Waals surface area contributed by atoms with Gasteiger partial charge in [-0.25, -0.2) is 0 Å². The highest BCUT2D eigenvalue weighted by Gasteiger charge is 2.30. The molecule has 1 aromatic carbocycles. The van der Waals surface area contributed by atoms with E-state index in [1.807, 2.05) is 4.90 Å². The van der Waals surface area contributed by atoms with Crippen LogP contribution < -0.4 is 0 Å². The van der Waals surface area contributed by atoms with E-state index in [0.717, 1.165) is 5.56 Å². The Morgan fingerprint density at radius 1 is 1.22 bits per heavy atom. The minimum absolute atomic E-state index is 0.0586. The fourth-order valence-electron chi connectivity index (χ4n) is 2.11. The zero-order chi connectivity index (χ0) is 13.1. The SMILES string of the molecule is O=[N+]([O-])c1ccc(CN2CC[C@H]([N+](=O)[O-])C2)cc1. The van der Waals surface area contributed by atoms with Crippen LogP contribution in [0.15, 0.2) is 24.3 Å². The topological polar surface area (TPSA) is 89.5 Å². The maximum atomic E-state index is 10.6. The number of likely N-dealkylation sites (tertiary alicyclic amines) is 1. The zero-order valence-corrected chi connectivity index (χ0v) is 9.69. The number of nitrogens with zero attached hydrogens (tertiary/aromatic N) is 3. The second-order valence-corrected chi connectivity index (χ2v) is 4.39. The fraction of sp³-hybridized carbons (Fsp3) is 0.455. The van der Waals surface area contributed by atoms with Crippen LogP contribution in [0.1, 0.15) is 12.0 Å². The van der Waals surface area contributed by atoms with Crippen molar-refractivity contribution in [2.75, 3.05) is 13.1 Å². The Labute approximate surface area is 103 Å². The van der Waals surface area contributed by atoms with Gasteiger partial charge in [-0.3, -0.25) is 25.1 Å². The number of non-ortho nitro benzene ring substituents is 1. The Kier molecular flexibility index (Phi) is 3.52. The summed E-state index contributed by atoms with van der Waals surface area (Å²) in [5.41, 5.74) is 0.993. The molecule has 1 aromatic rings. The second kappa shape index (κ2) is 5.09. The summed E-state index contributed by atoms with van der Waals surface area (Å²) >= 11 is 0. The normalized spacial score (nSPS) is 19.9. The molecule has 7 nitrogen and oxygen atoms in total. The summed E-state index contributed by atoms with van der Waals surface area (Å²) in [7, 11) is 0. The van der Waals surface area contributed by atoms with Crippen molar-refractivity contribution < 1.29 is 9.85 Å². The van der Waals surface area contributed by atoms with E-state index in [0.29, 0.717) is 26.1 Å². The molecule has 1 atom stereocenters. The third-order valence-corrected chi connectivity index (χ3v) is 3.10. The molecule has 1 aliphatic rings. The molecule has 18 heavy (non-hydrogen) atoms. The minimum atomic E-state index is -0.483. The maximum absolute atomic E-state index is 10.6. The van der Waals surface area contributed by atoms with E-state index in [9.17, 15) is 20.2 Å². The van der Waals surface area contributed by atoms with Crippen LogP contribution >= 0.6 is 0 Å². The molecule has 0 radical (unpaired) electrons. The lowest BCUT2D eigenvalue weighted by Crippen LogP contribution is -2.25. The molecule has 0 bridgehead atoms. The third-order valence-electron chi connectivity index (χ3n) is 3.10. The lowest BCUT2D eigenvalue weighted by atomic mass is 10.2. The Bertz CT molecular complexity index is 460. The predicted octanol–water partition coefficient (Wildman–Crippen LogP) is 1.45. The summed E-state index contributed by atoms with van der Waals surface area (Å²) in [5, 5.41) is 21.1. The largest absolute Gasteiger partial charge is 0.292 e. The van der Waals surface area contributed by atoms with Gasteiger partial charge in [-0.15, -0.1) is 0 Å². The molecule has 0 N–H and O–H groups in total. The van der Waals surface area contributed by atoms with Crippen molar-refractivity contribution in [3.8, 4) is 0 Å². The van der Waals surface area contributed by atoms with E-state index in [1.165, 1.54) is 12.1 Å². The highest BCUT2D eigenvalue weighted by Crippen LogP contribution is 2.17. The van der Waals surface area contributed by atoms with Gasteiger partial charge in [-0.05, 0) is 5.56 Å². The van der Waals surface area contributed by atoms with Crippen LogP contribution in [0.25, 0.3) is 0 Å². The molecule has 0 amide bonds. The molecule has 0 spiro atoms. The van der Waals surface area contributed by atoms with Crippen LogP contribution in [0.4, 0.5) is 5.69 Å². The van der Waals surface area contributed by atoms with Crippen LogP contribution in [0.3, 0.4) is 0 Å². The molecule has 1 fully saturated rings. The first kappa shape index (κ1) is 12.4. The highest BCUT2D eigenvalue weighted by atomic mass is 16.6. The molecule has 0 aromatic heterocycles. The van der Waals surface area contributed by atoms with Gasteiger partial charge in [0.25, 0.3) is 5.69 Å². The number of nitro benzene ring substituents is 1. The smallest absolute Gasteiger partial charge is 0.269 e. The molecule has 0 saturated carbocycles. The van der Waals surface area contributed by atoms with Gasteiger partial charge < -0.3 is 0 Å². The summed E-state index contributed by atoms with van der Waals surface area (Å²) in [6.45, 7) is 1.74. The van der Waals surface area contributed by atoms with Crippen LogP contribution in [-0.2, 0) is 6.54 Å². The van der Waals surface area contributed by atoms with Gasteiger partial charge in [0.2, 0.25) is 6.04 Å². The van der Waals surface area contributed by atoms with E-state index in [4.69, 9.17) is 0 Å². The Balaban J connectivity index is 1.94. The Morgan fingerprint density at radius 2 is 1.89 bits per heavy atom. The summed E-state index contributed by atoms with van der Waals surface area (Å²) < 4.78 is 0. The van der Waals surface area contributed by atoms with Crippen molar-refractivity contribution in [2.45, 2.75) is 19.0 Å². The van der Waals surface area contributed by atoms with Gasteiger partial charge in [0, 0.05) is 36.6 Å². The maximum Gasteiger partial charge on any atom is 0.269 e. The first-order valence-electron chi connectivity index (χ1n) is 5.65. The molecular weight excluding hydrogens is 238 g/mol. The number of nitro groups is 2. The highest BCUT2D eigenvalue weighted by molar-refractivity contribution is 5.32. The molecule has 2 rings (SSSR count). The van der Waals surface area contributed by atoms with Crippen molar-refractivity contribution in [3.63, 3.8) is 0 Å². The minimum Gasteiger partial charge on any atom is -0.292 e. The number of hydrogen-bond acceptors (Lipinski definition) is 5. The third kappa shape index (κ3) is 2.80. The van der Waals surface area contributed by atoms with Crippen LogP contribution in [-0.4, -0.2) is 33.9 Å². The summed E-state index contributed by atoms with van der Waals surface area (Å²) in [6.07, 6.45) is 0.569. The molecule has 1 heterocycles. The molecule has 7 heteroatoms. The van der Waals surface area contributed by atoms with Gasteiger partial charge in [-0.2, -0.15) is 0 Å². The molecule has 96 valence electrons. The molecular formula is C11H13N3O4. The lowest BCUT2D eigenvalue weighted by Gasteiger charge is -2.13. The van der Waals surface area contributed by atoms with Crippen molar-refractivity contribution in [1.29, 1.82) is 0 Å². The molecule has 1 aliphatic heterocycles. The van der Waals surface area contributed by atoms with Crippen LogP contribution in [0, 0.1) is 20.2 Å². The van der Waals surface area contributed by atoms with Gasteiger partial charge >= 0.3 is 0 Å². The number of rotatable bonds is 4. The van der Waals surface area contributed by atoms with Crippen molar-refractivity contribution in [2.24, 2.45) is 0 Å². The average Bonchev–Trinajstić information content (AvgIpc) is 2.78. The summed E-state index contributed by atoms with van der Waals surface area (Å²) in [6, 6.07) is 5.81. The van der Waals surface area contributed by atoms with E-state index >= 15 is 0 Å². The van der Waals surface area contributed by atoms with Crippen LogP contribution in [0.5, 0.6) is 0 Å². The molecule has 1 saturated heterocycles. The van der Waals surface area contributed by atoms with Crippen molar-refractivity contribution in [1.82, 2.24) is 4.90 Å². The zero-order valence-electron chi connectivity index (χ0n) is 9.69. The predicted molar refractivity (Wildman–Crippen MR) is 63.8 cm³/mol. The van der Waals surface area contributed by atoms with Crippen LogP contribution in [0.2, 0.25) is 0 Å². The summed E-state index contributed by atoms with van der Waals surface area (Å²) in [5.74, 6) is 0. The van der Waals surface area contributed by atoms with E-state index in [-0.39, 0.29) is 10.6 Å². The van der Waals surface area contributed by atoms with E-state index in [1.54, 1.807) is 12.1 Å². The van der Waals surface area contributed by atoms with Gasteiger partial charge in [0.1, 0.15) is 0 Å². The molecule has 0 unspecified atom stereocenters. The van der Waals surface area contributed by atoms with Crippen molar-refractivity contribution in [3.05, 3.63) is 50.1 Å². The standard InChI is InChI=1S/C11H13N3O4/c15-13(16)10-3-1-9(2-4-10)7-12-6-5-11(8-12)14(17)18/h1-4,11H,5-8H2/t11-/m0/s1. The summed E-state index contributed by atoms with van der Waals surface area (Å²) in [4.78, 5) is 22.4. The quantitative estimate of drug-likeness (QED) is 0.596. The Morgan fingerprint density at radius 3 is 2.39 bits per heavy atom. The Hall–Kier alpha value is -2.02. The van der Waals surface area contributed by atoms with Gasteiger partial charge in [0.05, 0.1) is 11.5 Å². The molecule has 0 aliphatic carbocycles. The average molecular weight is 251 g/mol. The van der Waals surface area contributed by atoms with Gasteiger partial charge in [-0.1, -0.05) is 12.1 Å². The number of hydrogen-bond donors (Lipinski definition) is 0. The van der Waals surface area contributed by atoms with E-state index < -0.39 is 11.0 Å². The fourth-order valence-corrected chi connectivity index (χ4v) is 2.11.